The summed E-state index contributed by atoms with van der Waals surface area (Å²) in [6.45, 7) is 10.1. The van der Waals surface area contributed by atoms with E-state index in [2.05, 4.69) is 25.8 Å². The van der Waals surface area contributed by atoms with E-state index in [0.29, 0.717) is 40.6 Å². The van der Waals surface area contributed by atoms with Crippen molar-refractivity contribution in [3.63, 3.8) is 0 Å². The molecule has 3 N–H and O–H groups in total. The Bertz CT molecular complexity index is 1280. The number of pyridine rings is 1. The molecule has 2 aromatic carbocycles. The zero-order chi connectivity index (χ0) is 24.2. The minimum absolute atomic E-state index is 0.0703. The highest BCUT2D eigenvalue weighted by atomic mass is 19.1. The standard InChI is InChI=1S/C26H26FN5O3/c1-28-23-13-19-22(14-25(23)34-15-16-6-9-29-10-7-16)30-11-8-24(19)35-18-4-5-21(20(27)12-18)32-26(33)31-17-2-3-17/h4-5,8,11-14,16-17,29H,2-3,6-7,9-10,15H2,(H2,31,32,33). The van der Waals surface area contributed by atoms with E-state index in [4.69, 9.17) is 16.0 Å². The summed E-state index contributed by atoms with van der Waals surface area (Å²) in [4.78, 5) is 19.9. The van der Waals surface area contributed by atoms with Gasteiger partial charge in [0.15, 0.2) is 0 Å². The fourth-order valence-corrected chi connectivity index (χ4v) is 4.04. The molecule has 1 saturated carbocycles. The fraction of sp³-hybridized carbons (Fsp3) is 0.346. The van der Waals surface area contributed by atoms with Gasteiger partial charge in [-0.2, -0.15) is 0 Å². The highest BCUT2D eigenvalue weighted by Crippen LogP contribution is 2.38. The molecule has 1 saturated heterocycles. The summed E-state index contributed by atoms with van der Waals surface area (Å²) >= 11 is 0. The maximum atomic E-state index is 14.6. The number of nitrogens with zero attached hydrogens (tertiary/aromatic N) is 2. The number of carbonyl (C=O) groups excluding carboxylic acids is 1. The van der Waals surface area contributed by atoms with E-state index in [1.165, 1.54) is 12.1 Å². The molecule has 0 radical (unpaired) electrons. The first kappa shape index (κ1) is 22.9. The highest BCUT2D eigenvalue weighted by Gasteiger charge is 2.23. The van der Waals surface area contributed by atoms with Gasteiger partial charge in [-0.05, 0) is 75.0 Å². The van der Waals surface area contributed by atoms with Crippen LogP contribution in [0.3, 0.4) is 0 Å². The van der Waals surface area contributed by atoms with Gasteiger partial charge < -0.3 is 25.4 Å². The average Bonchev–Trinajstić information content (AvgIpc) is 3.68. The first-order valence-corrected chi connectivity index (χ1v) is 11.8. The molecular formula is C26H26FN5O3. The Morgan fingerprint density at radius 2 is 1.97 bits per heavy atom. The molecule has 0 spiro atoms. The molecule has 2 fully saturated rings. The molecular weight excluding hydrogens is 449 g/mol. The molecule has 0 unspecified atom stereocenters. The number of rotatable bonds is 7. The van der Waals surface area contributed by atoms with Gasteiger partial charge in [0.25, 0.3) is 0 Å². The van der Waals surface area contributed by atoms with Crippen molar-refractivity contribution in [3.05, 3.63) is 59.8 Å². The molecule has 9 heteroatoms. The second kappa shape index (κ2) is 10.2. The Balaban J connectivity index is 1.33. The Morgan fingerprint density at radius 3 is 2.71 bits per heavy atom. The number of piperidine rings is 1. The van der Waals surface area contributed by atoms with E-state index in [9.17, 15) is 9.18 Å². The normalized spacial score (nSPS) is 15.9. The molecule has 1 aliphatic carbocycles. The van der Waals surface area contributed by atoms with Crippen LogP contribution in [0.1, 0.15) is 25.7 Å². The van der Waals surface area contributed by atoms with Crippen molar-refractivity contribution in [3.8, 4) is 17.2 Å². The lowest BCUT2D eigenvalue weighted by Gasteiger charge is -2.23. The zero-order valence-corrected chi connectivity index (χ0v) is 19.1. The number of carbonyl (C=O) groups is 1. The highest BCUT2D eigenvalue weighted by molar-refractivity contribution is 5.91. The maximum Gasteiger partial charge on any atom is 0.319 e. The van der Waals surface area contributed by atoms with Crippen LogP contribution < -0.4 is 25.4 Å². The molecule has 2 heterocycles. The van der Waals surface area contributed by atoms with Crippen molar-refractivity contribution in [2.24, 2.45) is 5.92 Å². The number of aromatic nitrogens is 1. The van der Waals surface area contributed by atoms with E-state index in [1.807, 2.05) is 0 Å². The molecule has 35 heavy (non-hydrogen) atoms. The third kappa shape index (κ3) is 5.61. The minimum atomic E-state index is -0.609. The monoisotopic (exact) mass is 475 g/mol. The van der Waals surface area contributed by atoms with Gasteiger partial charge in [0.05, 0.1) is 24.4 Å². The second-order valence-corrected chi connectivity index (χ2v) is 8.88. The number of ether oxygens (including phenoxy) is 2. The molecule has 5 rings (SSSR count). The summed E-state index contributed by atoms with van der Waals surface area (Å²) in [7, 11) is 0. The number of fused-ring (bicyclic) bond motifs is 1. The number of amides is 2. The van der Waals surface area contributed by atoms with E-state index < -0.39 is 11.8 Å². The number of hydrogen-bond acceptors (Lipinski definition) is 5. The van der Waals surface area contributed by atoms with Gasteiger partial charge in [0.2, 0.25) is 5.69 Å². The summed E-state index contributed by atoms with van der Waals surface area (Å²) in [5, 5.41) is 9.23. The first-order valence-electron chi connectivity index (χ1n) is 11.8. The Kier molecular flexibility index (Phi) is 6.64. The third-order valence-corrected chi connectivity index (χ3v) is 6.17. The van der Waals surface area contributed by atoms with E-state index in [0.717, 1.165) is 38.8 Å². The average molecular weight is 476 g/mol. The van der Waals surface area contributed by atoms with Crippen LogP contribution in [0, 0.1) is 18.3 Å². The number of urea groups is 1. The maximum absolute atomic E-state index is 14.6. The Labute approximate surface area is 202 Å². The number of nitrogens with one attached hydrogen (secondary N) is 3. The van der Waals surface area contributed by atoms with Crippen LogP contribution in [0.4, 0.5) is 20.6 Å². The Hall–Kier alpha value is -3.90. The van der Waals surface area contributed by atoms with Crippen molar-refractivity contribution in [1.82, 2.24) is 15.6 Å². The van der Waals surface area contributed by atoms with E-state index >= 15 is 0 Å². The molecule has 1 aromatic heterocycles. The van der Waals surface area contributed by atoms with Crippen molar-refractivity contribution < 1.29 is 18.7 Å². The summed E-state index contributed by atoms with van der Waals surface area (Å²) in [5.41, 5.74) is 1.06. The molecule has 0 bridgehead atoms. The quantitative estimate of drug-likeness (QED) is 0.399. The van der Waals surface area contributed by atoms with Crippen molar-refractivity contribution >= 4 is 28.3 Å². The first-order chi connectivity index (χ1) is 17.1. The summed E-state index contributed by atoms with van der Waals surface area (Å²) in [6, 6.07) is 9.11. The molecule has 2 aliphatic rings. The van der Waals surface area contributed by atoms with Gasteiger partial charge in [-0.3, -0.25) is 4.98 Å². The summed E-state index contributed by atoms with van der Waals surface area (Å²) in [6.07, 6.45) is 5.59. The van der Waals surface area contributed by atoms with Gasteiger partial charge >= 0.3 is 6.03 Å². The van der Waals surface area contributed by atoms with Crippen LogP contribution in [0.5, 0.6) is 17.2 Å². The van der Waals surface area contributed by atoms with Crippen molar-refractivity contribution in [1.29, 1.82) is 0 Å². The van der Waals surface area contributed by atoms with Gasteiger partial charge in [-0.1, -0.05) is 0 Å². The van der Waals surface area contributed by atoms with Crippen molar-refractivity contribution in [2.45, 2.75) is 31.7 Å². The van der Waals surface area contributed by atoms with Crippen LogP contribution in [-0.4, -0.2) is 36.8 Å². The lowest BCUT2D eigenvalue weighted by atomic mass is 9.99. The molecule has 8 nitrogen and oxygen atoms in total. The lowest BCUT2D eigenvalue weighted by Crippen LogP contribution is -2.30. The van der Waals surface area contributed by atoms with Gasteiger partial charge in [-0.25, -0.2) is 14.0 Å². The summed E-state index contributed by atoms with van der Waals surface area (Å²) < 4.78 is 26.5. The number of halogens is 1. The van der Waals surface area contributed by atoms with E-state index in [-0.39, 0.29) is 17.5 Å². The number of hydrogen-bond donors (Lipinski definition) is 3. The molecule has 2 amide bonds. The smallest absolute Gasteiger partial charge is 0.319 e. The van der Waals surface area contributed by atoms with Crippen LogP contribution >= 0.6 is 0 Å². The van der Waals surface area contributed by atoms with Gasteiger partial charge in [0.1, 0.15) is 23.1 Å². The molecule has 1 aliphatic heterocycles. The van der Waals surface area contributed by atoms with Gasteiger partial charge in [-0.15, -0.1) is 0 Å². The zero-order valence-electron chi connectivity index (χ0n) is 19.1. The molecule has 180 valence electrons. The largest absolute Gasteiger partial charge is 0.504 e. The number of anilines is 1. The fourth-order valence-electron chi connectivity index (χ4n) is 4.04. The van der Waals surface area contributed by atoms with Crippen molar-refractivity contribution in [2.75, 3.05) is 25.0 Å². The SMILES string of the molecule is [C-]#[N+]c1cc2c(Oc3ccc(NC(=O)NC4CC4)c(F)c3)ccnc2cc1OCC1CCNCC1. The predicted octanol–water partition coefficient (Wildman–Crippen LogP) is 5.38. The van der Waals surface area contributed by atoms with Crippen LogP contribution in [0.25, 0.3) is 15.7 Å². The number of benzene rings is 2. The molecule has 0 atom stereocenters. The topological polar surface area (TPSA) is 88.9 Å². The molecule has 3 aromatic rings. The Morgan fingerprint density at radius 1 is 1.14 bits per heavy atom. The van der Waals surface area contributed by atoms with Crippen LogP contribution in [0.2, 0.25) is 0 Å². The predicted molar refractivity (Wildman–Crippen MR) is 131 cm³/mol. The van der Waals surface area contributed by atoms with Crippen LogP contribution in [-0.2, 0) is 0 Å². The van der Waals surface area contributed by atoms with E-state index in [1.54, 1.807) is 30.5 Å². The van der Waals surface area contributed by atoms with Gasteiger partial charge in [0, 0.05) is 23.7 Å². The third-order valence-electron chi connectivity index (χ3n) is 6.17. The lowest BCUT2D eigenvalue weighted by molar-refractivity contribution is 0.216. The second-order valence-electron chi connectivity index (χ2n) is 8.88. The minimum Gasteiger partial charge on any atom is -0.504 e. The van der Waals surface area contributed by atoms with Crippen LogP contribution in [0.15, 0.2) is 42.6 Å². The summed E-state index contributed by atoms with van der Waals surface area (Å²) in [5.74, 6) is 1.05.